The van der Waals surface area contributed by atoms with Crippen LogP contribution in [0.25, 0.3) is 0 Å². The molecule has 6 heteroatoms. The van der Waals surface area contributed by atoms with E-state index in [-0.39, 0.29) is 36.0 Å². The molecule has 2 amide bonds. The van der Waals surface area contributed by atoms with E-state index in [1.165, 1.54) is 12.1 Å². The van der Waals surface area contributed by atoms with E-state index in [2.05, 4.69) is 10.6 Å². The summed E-state index contributed by atoms with van der Waals surface area (Å²) in [6.45, 7) is 3.71. The lowest BCUT2D eigenvalue weighted by Crippen LogP contribution is -2.47. The van der Waals surface area contributed by atoms with Crippen LogP contribution in [0.1, 0.15) is 25.3 Å². The van der Waals surface area contributed by atoms with E-state index in [1.54, 1.807) is 17.0 Å². The van der Waals surface area contributed by atoms with Crippen LogP contribution in [0.2, 0.25) is 0 Å². The fourth-order valence-electron chi connectivity index (χ4n) is 2.81. The lowest BCUT2D eigenvalue weighted by Gasteiger charge is -2.32. The number of hydrogen-bond donors (Lipinski definition) is 2. The maximum Gasteiger partial charge on any atom is 0.227 e. The predicted molar refractivity (Wildman–Crippen MR) is 90.9 cm³/mol. The van der Waals surface area contributed by atoms with Crippen molar-refractivity contribution in [1.82, 2.24) is 15.5 Å². The lowest BCUT2D eigenvalue weighted by atomic mass is 9.96. The van der Waals surface area contributed by atoms with Crippen molar-refractivity contribution in [1.29, 1.82) is 0 Å². The number of piperidine rings is 1. The molecular formula is C18H26FN3O2. The summed E-state index contributed by atoms with van der Waals surface area (Å²) in [7, 11) is 1.85. The molecule has 1 aliphatic heterocycles. The Bertz CT molecular complexity index is 562. The molecule has 1 aliphatic rings. The molecule has 0 aromatic heterocycles. The first kappa shape index (κ1) is 18.4. The number of hydrogen-bond acceptors (Lipinski definition) is 3. The summed E-state index contributed by atoms with van der Waals surface area (Å²) in [5, 5.41) is 6.01. The van der Waals surface area contributed by atoms with Crippen LogP contribution in [0.3, 0.4) is 0 Å². The Balaban J connectivity index is 1.86. The number of benzene rings is 1. The maximum atomic E-state index is 12.9. The second-order valence-electron chi connectivity index (χ2n) is 6.42. The van der Waals surface area contributed by atoms with Gasteiger partial charge in [0.15, 0.2) is 0 Å². The molecular weight excluding hydrogens is 309 g/mol. The predicted octanol–water partition coefficient (Wildman–Crippen LogP) is 1.33. The van der Waals surface area contributed by atoms with Gasteiger partial charge in [-0.15, -0.1) is 0 Å². The second kappa shape index (κ2) is 8.78. The molecule has 2 N–H and O–H groups in total. The highest BCUT2D eigenvalue weighted by atomic mass is 19.1. The van der Waals surface area contributed by atoms with E-state index >= 15 is 0 Å². The normalized spacial score (nSPS) is 19.0. The first-order valence-electron chi connectivity index (χ1n) is 8.46. The Kier molecular flexibility index (Phi) is 6.73. The van der Waals surface area contributed by atoms with Gasteiger partial charge in [0, 0.05) is 25.7 Å². The summed E-state index contributed by atoms with van der Waals surface area (Å²) in [5.74, 6) is -0.462. The van der Waals surface area contributed by atoms with Gasteiger partial charge in [0.1, 0.15) is 5.82 Å². The van der Waals surface area contributed by atoms with Gasteiger partial charge >= 0.3 is 0 Å². The third-order valence-corrected chi connectivity index (χ3v) is 4.49. The largest absolute Gasteiger partial charge is 0.354 e. The molecule has 0 bridgehead atoms. The molecule has 1 aromatic carbocycles. The van der Waals surface area contributed by atoms with Gasteiger partial charge in [0.25, 0.3) is 0 Å². The molecule has 2 rings (SSSR count). The summed E-state index contributed by atoms with van der Waals surface area (Å²) in [6, 6.07) is 6.19. The van der Waals surface area contributed by atoms with E-state index in [1.807, 2.05) is 14.0 Å². The fraction of sp³-hybridized carbons (Fsp3) is 0.556. The Labute approximate surface area is 142 Å². The van der Waals surface area contributed by atoms with Crippen LogP contribution in [0, 0.1) is 11.7 Å². The van der Waals surface area contributed by atoms with Crippen LogP contribution in [0.15, 0.2) is 24.3 Å². The molecule has 1 heterocycles. The standard InChI is InChI=1S/C18H26FN3O2/c1-13(20-2)11-21-18(24)15-4-3-9-22(12-15)17(23)10-14-5-7-16(19)8-6-14/h5-8,13,15,20H,3-4,9-12H2,1-2H3,(H,21,24). The number of rotatable bonds is 6. The summed E-state index contributed by atoms with van der Waals surface area (Å²) < 4.78 is 12.9. The first-order chi connectivity index (χ1) is 11.5. The molecule has 0 saturated carbocycles. The van der Waals surface area contributed by atoms with Crippen molar-refractivity contribution in [2.24, 2.45) is 5.92 Å². The van der Waals surface area contributed by atoms with Crippen molar-refractivity contribution >= 4 is 11.8 Å². The van der Waals surface area contributed by atoms with E-state index in [0.29, 0.717) is 19.6 Å². The van der Waals surface area contributed by atoms with Gasteiger partial charge in [-0.1, -0.05) is 12.1 Å². The van der Waals surface area contributed by atoms with E-state index in [9.17, 15) is 14.0 Å². The zero-order chi connectivity index (χ0) is 17.5. The molecule has 0 spiro atoms. The number of likely N-dealkylation sites (N-methyl/N-ethyl adjacent to an activating group) is 1. The van der Waals surface area contributed by atoms with Gasteiger partial charge < -0.3 is 15.5 Å². The summed E-state index contributed by atoms with van der Waals surface area (Å²) in [5.41, 5.74) is 0.788. The molecule has 24 heavy (non-hydrogen) atoms. The molecule has 1 saturated heterocycles. The van der Waals surface area contributed by atoms with Crippen LogP contribution in [-0.4, -0.2) is 49.4 Å². The number of nitrogens with zero attached hydrogens (tertiary/aromatic N) is 1. The monoisotopic (exact) mass is 335 g/mol. The van der Waals surface area contributed by atoms with Gasteiger partial charge in [0.05, 0.1) is 12.3 Å². The quantitative estimate of drug-likeness (QED) is 0.824. The highest BCUT2D eigenvalue weighted by Crippen LogP contribution is 2.18. The van der Waals surface area contributed by atoms with Crippen molar-refractivity contribution in [2.75, 3.05) is 26.7 Å². The Hall–Kier alpha value is -1.95. The van der Waals surface area contributed by atoms with E-state index < -0.39 is 0 Å². The van der Waals surface area contributed by atoms with Gasteiger partial charge in [-0.3, -0.25) is 9.59 Å². The van der Waals surface area contributed by atoms with Crippen LogP contribution >= 0.6 is 0 Å². The summed E-state index contributed by atoms with van der Waals surface area (Å²) >= 11 is 0. The molecule has 132 valence electrons. The zero-order valence-electron chi connectivity index (χ0n) is 14.3. The minimum atomic E-state index is -0.309. The van der Waals surface area contributed by atoms with Crippen LogP contribution in [0.5, 0.6) is 0 Å². The average Bonchev–Trinajstić information content (AvgIpc) is 2.61. The minimum Gasteiger partial charge on any atom is -0.354 e. The van der Waals surface area contributed by atoms with Crippen molar-refractivity contribution < 1.29 is 14.0 Å². The number of amides is 2. The Morgan fingerprint density at radius 2 is 2.04 bits per heavy atom. The maximum absolute atomic E-state index is 12.9. The van der Waals surface area contributed by atoms with Crippen LogP contribution < -0.4 is 10.6 Å². The van der Waals surface area contributed by atoms with E-state index in [0.717, 1.165) is 18.4 Å². The highest BCUT2D eigenvalue weighted by Gasteiger charge is 2.28. The van der Waals surface area contributed by atoms with Crippen molar-refractivity contribution in [3.63, 3.8) is 0 Å². The number of nitrogens with one attached hydrogen (secondary N) is 2. The summed E-state index contributed by atoms with van der Waals surface area (Å²) in [6.07, 6.45) is 1.88. The van der Waals surface area contributed by atoms with Crippen LogP contribution in [-0.2, 0) is 16.0 Å². The second-order valence-corrected chi connectivity index (χ2v) is 6.42. The number of halogens is 1. The van der Waals surface area contributed by atoms with Crippen molar-refractivity contribution in [2.45, 2.75) is 32.2 Å². The zero-order valence-corrected chi connectivity index (χ0v) is 14.3. The smallest absolute Gasteiger partial charge is 0.227 e. The Morgan fingerprint density at radius 1 is 1.33 bits per heavy atom. The molecule has 2 atom stereocenters. The molecule has 1 fully saturated rings. The fourth-order valence-corrected chi connectivity index (χ4v) is 2.81. The minimum absolute atomic E-state index is 0.0105. The van der Waals surface area contributed by atoms with Gasteiger partial charge in [-0.2, -0.15) is 0 Å². The van der Waals surface area contributed by atoms with Crippen molar-refractivity contribution in [3.05, 3.63) is 35.6 Å². The highest BCUT2D eigenvalue weighted by molar-refractivity contribution is 5.82. The van der Waals surface area contributed by atoms with Crippen LogP contribution in [0.4, 0.5) is 4.39 Å². The van der Waals surface area contributed by atoms with Crippen molar-refractivity contribution in [3.8, 4) is 0 Å². The lowest BCUT2D eigenvalue weighted by molar-refractivity contribution is -0.135. The molecule has 2 unspecified atom stereocenters. The Morgan fingerprint density at radius 3 is 2.71 bits per heavy atom. The molecule has 1 aromatic rings. The number of likely N-dealkylation sites (tertiary alicyclic amines) is 1. The average molecular weight is 335 g/mol. The van der Waals surface area contributed by atoms with Gasteiger partial charge in [0.2, 0.25) is 11.8 Å². The van der Waals surface area contributed by atoms with Gasteiger partial charge in [-0.25, -0.2) is 4.39 Å². The topological polar surface area (TPSA) is 61.4 Å². The number of carbonyl (C=O) groups is 2. The summed E-state index contributed by atoms with van der Waals surface area (Å²) in [4.78, 5) is 26.4. The molecule has 0 radical (unpaired) electrons. The molecule has 5 nitrogen and oxygen atoms in total. The third kappa shape index (κ3) is 5.30. The SMILES string of the molecule is CNC(C)CNC(=O)C1CCCN(C(=O)Cc2ccc(F)cc2)C1. The molecule has 0 aliphatic carbocycles. The van der Waals surface area contributed by atoms with E-state index in [4.69, 9.17) is 0 Å². The third-order valence-electron chi connectivity index (χ3n) is 4.49. The number of carbonyl (C=O) groups excluding carboxylic acids is 2. The van der Waals surface area contributed by atoms with Gasteiger partial charge in [-0.05, 0) is 44.5 Å². The first-order valence-corrected chi connectivity index (χ1v) is 8.46.